The molecule has 0 aliphatic carbocycles. The highest BCUT2D eigenvalue weighted by atomic mass is 16.5. The molecule has 0 unspecified atom stereocenters. The number of carbonyl (C=O) groups excluding carboxylic acids is 1. The van der Waals surface area contributed by atoms with Crippen LogP contribution in [0.3, 0.4) is 0 Å². The second-order valence-corrected chi connectivity index (χ2v) is 6.30. The van der Waals surface area contributed by atoms with E-state index in [1.807, 2.05) is 45.3 Å². The molecule has 0 radical (unpaired) electrons. The molecule has 1 amide bonds. The Balaban J connectivity index is 1.97. The molecule has 0 aliphatic rings. The van der Waals surface area contributed by atoms with E-state index in [0.29, 0.717) is 18.2 Å². The Bertz CT molecular complexity index is 734. The van der Waals surface area contributed by atoms with Gasteiger partial charge in [0.1, 0.15) is 11.4 Å². The number of hydrogen-bond donors (Lipinski definition) is 2. The van der Waals surface area contributed by atoms with E-state index in [9.17, 15) is 4.79 Å². The summed E-state index contributed by atoms with van der Waals surface area (Å²) in [5.41, 5.74) is 2.01. The lowest BCUT2D eigenvalue weighted by molar-refractivity contribution is 0.0945. The van der Waals surface area contributed by atoms with E-state index < -0.39 is 0 Å². The second-order valence-electron chi connectivity index (χ2n) is 6.30. The summed E-state index contributed by atoms with van der Waals surface area (Å²) in [6.45, 7) is 3.95. The predicted molar refractivity (Wildman–Crippen MR) is 103 cm³/mol. The average molecular weight is 357 g/mol. The molecule has 2 aromatic rings. The van der Waals surface area contributed by atoms with Gasteiger partial charge in [-0.3, -0.25) is 4.79 Å². The van der Waals surface area contributed by atoms with Gasteiger partial charge in [-0.2, -0.15) is 0 Å². The minimum absolute atomic E-state index is 0.238. The first-order valence-corrected chi connectivity index (χ1v) is 8.64. The van der Waals surface area contributed by atoms with Gasteiger partial charge in [-0.25, -0.2) is 9.97 Å². The number of amides is 1. The third-order valence-electron chi connectivity index (χ3n) is 3.78. The van der Waals surface area contributed by atoms with Crippen LogP contribution in [0, 0.1) is 6.92 Å². The minimum atomic E-state index is -0.238. The largest absolute Gasteiger partial charge is 0.496 e. The van der Waals surface area contributed by atoms with Gasteiger partial charge in [0.25, 0.3) is 5.91 Å². The van der Waals surface area contributed by atoms with Crippen molar-refractivity contribution >= 4 is 11.9 Å². The predicted octanol–water partition coefficient (Wildman–Crippen LogP) is 2.09. The van der Waals surface area contributed by atoms with Crippen molar-refractivity contribution in [3.8, 4) is 5.75 Å². The van der Waals surface area contributed by atoms with Crippen molar-refractivity contribution in [2.24, 2.45) is 0 Å². The first-order valence-electron chi connectivity index (χ1n) is 8.64. The van der Waals surface area contributed by atoms with Crippen molar-refractivity contribution in [2.75, 3.05) is 39.6 Å². The molecule has 0 fully saturated rings. The van der Waals surface area contributed by atoms with Crippen LogP contribution in [-0.4, -0.2) is 55.1 Å². The standard InChI is InChI=1S/C19H27N5O2/c1-14-12-16(23-19(22-14)20-10-7-11-24(2)3)18(25)21-13-15-8-5-6-9-17(15)26-4/h5-6,8-9,12H,7,10-11,13H2,1-4H3,(H,21,25)(H,20,22,23). The molecule has 0 spiro atoms. The first kappa shape index (κ1) is 19.7. The number of aryl methyl sites for hydroxylation is 1. The lowest BCUT2D eigenvalue weighted by atomic mass is 10.2. The Kier molecular flexibility index (Phi) is 7.35. The Morgan fingerprint density at radius 3 is 2.73 bits per heavy atom. The van der Waals surface area contributed by atoms with E-state index in [0.717, 1.165) is 36.5 Å². The fourth-order valence-electron chi connectivity index (χ4n) is 2.47. The van der Waals surface area contributed by atoms with Crippen LogP contribution < -0.4 is 15.4 Å². The van der Waals surface area contributed by atoms with Gasteiger partial charge in [-0.1, -0.05) is 18.2 Å². The van der Waals surface area contributed by atoms with Crippen LogP contribution in [0.25, 0.3) is 0 Å². The second kappa shape index (κ2) is 9.72. The number of benzene rings is 1. The highest BCUT2D eigenvalue weighted by Gasteiger charge is 2.11. The summed E-state index contributed by atoms with van der Waals surface area (Å²) in [5.74, 6) is 0.985. The van der Waals surface area contributed by atoms with Gasteiger partial charge in [-0.05, 0) is 46.1 Å². The molecule has 7 heteroatoms. The van der Waals surface area contributed by atoms with Crippen molar-refractivity contribution in [2.45, 2.75) is 19.9 Å². The molecule has 1 aromatic carbocycles. The van der Waals surface area contributed by atoms with Crippen molar-refractivity contribution in [3.05, 3.63) is 47.3 Å². The van der Waals surface area contributed by atoms with Crippen molar-refractivity contribution in [1.82, 2.24) is 20.2 Å². The summed E-state index contributed by atoms with van der Waals surface area (Å²) in [6, 6.07) is 9.28. The minimum Gasteiger partial charge on any atom is -0.496 e. The van der Waals surface area contributed by atoms with E-state index in [1.54, 1.807) is 13.2 Å². The number of carbonyl (C=O) groups is 1. The van der Waals surface area contributed by atoms with Gasteiger partial charge in [0.15, 0.2) is 0 Å². The van der Waals surface area contributed by atoms with Gasteiger partial charge < -0.3 is 20.3 Å². The van der Waals surface area contributed by atoms with Gasteiger partial charge >= 0.3 is 0 Å². The molecule has 1 aromatic heterocycles. The van der Waals surface area contributed by atoms with Crippen LogP contribution >= 0.6 is 0 Å². The van der Waals surface area contributed by atoms with Crippen LogP contribution in [0.1, 0.15) is 28.2 Å². The number of methoxy groups -OCH3 is 1. The maximum atomic E-state index is 12.5. The molecule has 26 heavy (non-hydrogen) atoms. The van der Waals surface area contributed by atoms with E-state index in [2.05, 4.69) is 25.5 Å². The highest BCUT2D eigenvalue weighted by Crippen LogP contribution is 2.17. The third kappa shape index (κ3) is 6.00. The number of nitrogens with zero attached hydrogens (tertiary/aromatic N) is 3. The number of aromatic nitrogens is 2. The maximum Gasteiger partial charge on any atom is 0.270 e. The topological polar surface area (TPSA) is 79.4 Å². The SMILES string of the molecule is COc1ccccc1CNC(=O)c1cc(C)nc(NCCCN(C)C)n1. The van der Waals surface area contributed by atoms with Crippen LogP contribution in [0.15, 0.2) is 30.3 Å². The number of anilines is 1. The quantitative estimate of drug-likeness (QED) is 0.669. The van der Waals surface area contributed by atoms with E-state index in [4.69, 9.17) is 4.74 Å². The molecule has 0 bridgehead atoms. The van der Waals surface area contributed by atoms with Crippen LogP contribution in [0.5, 0.6) is 5.75 Å². The van der Waals surface area contributed by atoms with Gasteiger partial charge in [0.2, 0.25) is 5.95 Å². The Morgan fingerprint density at radius 1 is 1.23 bits per heavy atom. The molecule has 0 atom stereocenters. The maximum absolute atomic E-state index is 12.5. The summed E-state index contributed by atoms with van der Waals surface area (Å²) in [6.07, 6.45) is 0.972. The number of nitrogens with one attached hydrogen (secondary N) is 2. The molecule has 1 heterocycles. The lowest BCUT2D eigenvalue weighted by Crippen LogP contribution is -2.25. The molecule has 140 valence electrons. The summed E-state index contributed by atoms with van der Waals surface area (Å²) >= 11 is 0. The van der Waals surface area contributed by atoms with Crippen molar-refractivity contribution < 1.29 is 9.53 Å². The van der Waals surface area contributed by atoms with Crippen LogP contribution in [0.4, 0.5) is 5.95 Å². The summed E-state index contributed by atoms with van der Waals surface area (Å²) < 4.78 is 5.30. The highest BCUT2D eigenvalue weighted by molar-refractivity contribution is 5.92. The summed E-state index contributed by atoms with van der Waals surface area (Å²) in [4.78, 5) is 23.3. The van der Waals surface area contributed by atoms with Crippen LogP contribution in [0.2, 0.25) is 0 Å². The third-order valence-corrected chi connectivity index (χ3v) is 3.78. The number of hydrogen-bond acceptors (Lipinski definition) is 6. The molecule has 2 rings (SSSR count). The molecular formula is C19H27N5O2. The zero-order valence-corrected chi connectivity index (χ0v) is 15.9. The van der Waals surface area contributed by atoms with Gasteiger partial charge in [0.05, 0.1) is 7.11 Å². The molecule has 0 saturated carbocycles. The fourth-order valence-corrected chi connectivity index (χ4v) is 2.47. The molecular weight excluding hydrogens is 330 g/mol. The average Bonchev–Trinajstić information content (AvgIpc) is 2.63. The molecule has 7 nitrogen and oxygen atoms in total. The van der Waals surface area contributed by atoms with Crippen molar-refractivity contribution in [1.29, 1.82) is 0 Å². The normalized spacial score (nSPS) is 10.7. The van der Waals surface area contributed by atoms with E-state index >= 15 is 0 Å². The summed E-state index contributed by atoms with van der Waals surface area (Å²) in [7, 11) is 5.68. The number of rotatable bonds is 9. The number of ether oxygens (including phenoxy) is 1. The van der Waals surface area contributed by atoms with E-state index in [1.165, 1.54) is 0 Å². The zero-order chi connectivity index (χ0) is 18.9. The Labute approximate surface area is 154 Å². The van der Waals surface area contributed by atoms with Crippen molar-refractivity contribution in [3.63, 3.8) is 0 Å². The van der Waals surface area contributed by atoms with Gasteiger partial charge in [-0.15, -0.1) is 0 Å². The van der Waals surface area contributed by atoms with Crippen LogP contribution in [-0.2, 0) is 6.54 Å². The molecule has 0 aliphatic heterocycles. The molecule has 2 N–H and O–H groups in total. The lowest BCUT2D eigenvalue weighted by Gasteiger charge is -2.12. The summed E-state index contributed by atoms with van der Waals surface area (Å²) in [5, 5.41) is 6.06. The first-order chi connectivity index (χ1) is 12.5. The zero-order valence-electron chi connectivity index (χ0n) is 15.9. The molecule has 0 saturated heterocycles. The number of para-hydroxylation sites is 1. The van der Waals surface area contributed by atoms with Gasteiger partial charge in [0, 0.05) is 24.3 Å². The fraction of sp³-hybridized carbons (Fsp3) is 0.421. The smallest absolute Gasteiger partial charge is 0.270 e. The monoisotopic (exact) mass is 357 g/mol. The Hall–Kier alpha value is -2.67. The Morgan fingerprint density at radius 2 is 2.00 bits per heavy atom. The van der Waals surface area contributed by atoms with E-state index in [-0.39, 0.29) is 5.91 Å².